The van der Waals surface area contributed by atoms with E-state index in [1.54, 1.807) is 6.20 Å². The Labute approximate surface area is 164 Å². The van der Waals surface area contributed by atoms with Crippen LogP contribution in [0, 0.1) is 0 Å². The highest BCUT2D eigenvalue weighted by atomic mass is 19.4. The van der Waals surface area contributed by atoms with Crippen LogP contribution in [0.4, 0.5) is 24.7 Å². The average molecular weight is 407 g/mol. The van der Waals surface area contributed by atoms with Crippen LogP contribution in [-0.4, -0.2) is 36.3 Å². The third kappa shape index (κ3) is 3.52. The second kappa shape index (κ2) is 7.05. The first-order chi connectivity index (χ1) is 13.8. The van der Waals surface area contributed by atoms with E-state index in [-0.39, 0.29) is 28.8 Å². The minimum atomic E-state index is -4.69. The SMILES string of the molecule is Cn1cc(N(C(=O)c2cnn3ccc(N)nc23)C2CCCCC2)c(C(F)(F)F)n1. The first-order valence-electron chi connectivity index (χ1n) is 9.30. The van der Waals surface area contributed by atoms with Gasteiger partial charge in [-0.3, -0.25) is 9.48 Å². The van der Waals surface area contributed by atoms with Crippen LogP contribution in [-0.2, 0) is 13.2 Å². The molecule has 0 atom stereocenters. The van der Waals surface area contributed by atoms with Crippen molar-refractivity contribution in [1.29, 1.82) is 0 Å². The minimum Gasteiger partial charge on any atom is -0.384 e. The molecule has 8 nitrogen and oxygen atoms in total. The number of nitrogens with zero attached hydrogens (tertiary/aromatic N) is 6. The summed E-state index contributed by atoms with van der Waals surface area (Å²) in [6.45, 7) is 0. The number of fused-ring (bicyclic) bond motifs is 1. The summed E-state index contributed by atoms with van der Waals surface area (Å²) in [6, 6.07) is 1.16. The van der Waals surface area contributed by atoms with Gasteiger partial charge in [0.2, 0.25) is 0 Å². The summed E-state index contributed by atoms with van der Waals surface area (Å²) in [5.74, 6) is -0.405. The van der Waals surface area contributed by atoms with Gasteiger partial charge in [-0.15, -0.1) is 0 Å². The Morgan fingerprint density at radius 2 is 2.00 bits per heavy atom. The number of carbonyl (C=O) groups is 1. The Morgan fingerprint density at radius 3 is 2.69 bits per heavy atom. The van der Waals surface area contributed by atoms with E-state index in [0.717, 1.165) is 23.9 Å². The summed E-state index contributed by atoms with van der Waals surface area (Å²) in [4.78, 5) is 18.9. The van der Waals surface area contributed by atoms with Gasteiger partial charge in [-0.2, -0.15) is 23.4 Å². The second-order valence-electron chi connectivity index (χ2n) is 7.18. The molecule has 1 aliphatic rings. The number of aromatic nitrogens is 5. The fraction of sp³-hybridized carbons (Fsp3) is 0.444. The number of rotatable bonds is 3. The van der Waals surface area contributed by atoms with Crippen molar-refractivity contribution in [3.8, 4) is 0 Å². The van der Waals surface area contributed by atoms with Crippen LogP contribution in [0.5, 0.6) is 0 Å². The Kier molecular flexibility index (Phi) is 4.67. The predicted molar refractivity (Wildman–Crippen MR) is 99.3 cm³/mol. The van der Waals surface area contributed by atoms with Gasteiger partial charge in [0.25, 0.3) is 5.91 Å². The number of aryl methyl sites for hydroxylation is 1. The number of hydrogen-bond acceptors (Lipinski definition) is 5. The lowest BCUT2D eigenvalue weighted by molar-refractivity contribution is -0.141. The normalized spacial score (nSPS) is 15.7. The van der Waals surface area contributed by atoms with Gasteiger partial charge in [0.15, 0.2) is 11.3 Å². The maximum atomic E-state index is 13.6. The average Bonchev–Trinajstić information content (AvgIpc) is 3.26. The molecular formula is C18H20F3N7O. The molecule has 3 aromatic heterocycles. The van der Waals surface area contributed by atoms with E-state index in [4.69, 9.17) is 5.73 Å². The van der Waals surface area contributed by atoms with Crippen molar-refractivity contribution in [3.05, 3.63) is 35.9 Å². The molecule has 0 bridgehead atoms. The molecular weight excluding hydrogens is 387 g/mol. The molecule has 29 heavy (non-hydrogen) atoms. The van der Waals surface area contributed by atoms with Crippen molar-refractivity contribution in [2.24, 2.45) is 7.05 Å². The Bertz CT molecular complexity index is 1050. The summed E-state index contributed by atoms with van der Waals surface area (Å²) in [5, 5.41) is 7.67. The molecule has 2 N–H and O–H groups in total. The van der Waals surface area contributed by atoms with Crippen molar-refractivity contribution in [2.75, 3.05) is 10.6 Å². The zero-order valence-corrected chi connectivity index (χ0v) is 15.7. The Balaban J connectivity index is 1.85. The molecule has 0 radical (unpaired) electrons. The lowest BCUT2D eigenvalue weighted by Gasteiger charge is -2.34. The number of anilines is 2. The van der Waals surface area contributed by atoms with Gasteiger partial charge in [-0.25, -0.2) is 9.50 Å². The summed E-state index contributed by atoms with van der Waals surface area (Å²) < 4.78 is 43.4. The zero-order chi connectivity index (χ0) is 20.8. The molecule has 4 rings (SSSR count). The zero-order valence-electron chi connectivity index (χ0n) is 15.7. The number of halogens is 3. The highest BCUT2D eigenvalue weighted by Crippen LogP contribution is 2.39. The molecule has 0 spiro atoms. The Morgan fingerprint density at radius 1 is 1.28 bits per heavy atom. The predicted octanol–water partition coefficient (Wildman–Crippen LogP) is 3.04. The first kappa shape index (κ1) is 19.2. The fourth-order valence-corrected chi connectivity index (χ4v) is 3.83. The monoisotopic (exact) mass is 407 g/mol. The highest BCUT2D eigenvalue weighted by molar-refractivity contribution is 6.10. The summed E-state index contributed by atoms with van der Waals surface area (Å²) in [5.41, 5.74) is 4.70. The van der Waals surface area contributed by atoms with Crippen molar-refractivity contribution in [3.63, 3.8) is 0 Å². The van der Waals surface area contributed by atoms with Crippen LogP contribution in [0.3, 0.4) is 0 Å². The van der Waals surface area contributed by atoms with Gasteiger partial charge in [0, 0.05) is 25.5 Å². The van der Waals surface area contributed by atoms with E-state index < -0.39 is 17.8 Å². The van der Waals surface area contributed by atoms with Gasteiger partial charge in [-0.1, -0.05) is 19.3 Å². The smallest absolute Gasteiger partial charge is 0.384 e. The van der Waals surface area contributed by atoms with E-state index in [1.165, 1.54) is 34.9 Å². The summed E-state index contributed by atoms with van der Waals surface area (Å²) in [7, 11) is 1.40. The van der Waals surface area contributed by atoms with E-state index in [0.29, 0.717) is 12.8 Å². The van der Waals surface area contributed by atoms with Crippen molar-refractivity contribution < 1.29 is 18.0 Å². The van der Waals surface area contributed by atoms with Gasteiger partial charge < -0.3 is 10.6 Å². The number of nitrogens with two attached hydrogens (primary N) is 1. The number of nitrogen functional groups attached to an aromatic ring is 1. The van der Waals surface area contributed by atoms with E-state index >= 15 is 0 Å². The third-order valence-corrected chi connectivity index (χ3v) is 5.12. The van der Waals surface area contributed by atoms with E-state index in [2.05, 4.69) is 15.2 Å². The number of hydrogen-bond donors (Lipinski definition) is 1. The summed E-state index contributed by atoms with van der Waals surface area (Å²) >= 11 is 0. The second-order valence-corrected chi connectivity index (χ2v) is 7.18. The fourth-order valence-electron chi connectivity index (χ4n) is 3.83. The lowest BCUT2D eigenvalue weighted by atomic mass is 9.93. The molecule has 3 heterocycles. The molecule has 1 aliphatic carbocycles. The molecule has 0 aromatic carbocycles. The molecule has 11 heteroatoms. The highest BCUT2D eigenvalue weighted by Gasteiger charge is 2.42. The number of carbonyl (C=O) groups excluding carboxylic acids is 1. The first-order valence-corrected chi connectivity index (χ1v) is 9.30. The minimum absolute atomic E-state index is 0.0971. The molecule has 0 saturated heterocycles. The summed E-state index contributed by atoms with van der Waals surface area (Å²) in [6.07, 6.45) is 3.32. The van der Waals surface area contributed by atoms with Crippen LogP contribution in [0.15, 0.2) is 24.7 Å². The topological polar surface area (TPSA) is 94.3 Å². The van der Waals surface area contributed by atoms with Crippen LogP contribution < -0.4 is 10.6 Å². The molecule has 1 saturated carbocycles. The van der Waals surface area contributed by atoms with Crippen LogP contribution in [0.2, 0.25) is 0 Å². The molecule has 154 valence electrons. The van der Waals surface area contributed by atoms with Crippen LogP contribution in [0.25, 0.3) is 5.65 Å². The van der Waals surface area contributed by atoms with Crippen LogP contribution >= 0.6 is 0 Å². The van der Waals surface area contributed by atoms with Gasteiger partial charge in [0.1, 0.15) is 11.4 Å². The molecule has 0 aliphatic heterocycles. The van der Waals surface area contributed by atoms with Crippen molar-refractivity contribution in [2.45, 2.75) is 44.3 Å². The lowest BCUT2D eigenvalue weighted by Crippen LogP contribution is -2.42. The van der Waals surface area contributed by atoms with Gasteiger partial charge in [0.05, 0.1) is 11.9 Å². The van der Waals surface area contributed by atoms with E-state index in [1.807, 2.05) is 0 Å². The number of amides is 1. The largest absolute Gasteiger partial charge is 0.437 e. The van der Waals surface area contributed by atoms with Gasteiger partial charge in [-0.05, 0) is 18.9 Å². The third-order valence-electron chi connectivity index (χ3n) is 5.12. The Hall–Kier alpha value is -3.11. The van der Waals surface area contributed by atoms with Crippen LogP contribution in [0.1, 0.15) is 48.2 Å². The van der Waals surface area contributed by atoms with Gasteiger partial charge >= 0.3 is 6.18 Å². The molecule has 1 amide bonds. The van der Waals surface area contributed by atoms with Crippen molar-refractivity contribution in [1.82, 2.24) is 24.4 Å². The standard InChI is InChI=1S/C18H20F3N7O/c1-26-10-13(15(25-26)18(19,20)21)28(11-5-3-2-4-6-11)17(29)12-9-23-27-8-7-14(22)24-16(12)27/h7-11H,2-6H2,1H3,(H2,22,24). The number of alkyl halides is 3. The van der Waals surface area contributed by atoms with Crippen molar-refractivity contribution >= 4 is 23.1 Å². The molecule has 0 unspecified atom stereocenters. The van der Waals surface area contributed by atoms with E-state index in [9.17, 15) is 18.0 Å². The quantitative estimate of drug-likeness (QED) is 0.720. The maximum absolute atomic E-state index is 13.6. The molecule has 1 fully saturated rings. The maximum Gasteiger partial charge on any atom is 0.437 e. The molecule has 3 aromatic rings.